The first-order valence-electron chi connectivity index (χ1n) is 8.47. The van der Waals surface area contributed by atoms with Gasteiger partial charge in [0.25, 0.3) is 11.8 Å². The second-order valence-corrected chi connectivity index (χ2v) is 6.17. The van der Waals surface area contributed by atoms with Gasteiger partial charge in [0.05, 0.1) is 7.11 Å². The zero-order valence-corrected chi connectivity index (χ0v) is 14.6. The Morgan fingerprint density at radius 2 is 1.96 bits per heavy atom. The van der Waals surface area contributed by atoms with Crippen molar-refractivity contribution in [3.05, 3.63) is 41.7 Å². The lowest BCUT2D eigenvalue weighted by atomic mass is 9.93. The largest absolute Gasteiger partial charge is 0.493 e. The molecule has 0 radical (unpaired) electrons. The molecule has 1 saturated heterocycles. The quantitative estimate of drug-likeness (QED) is 0.809. The number of piperidine rings is 1. The number of hydrogen-bond donors (Lipinski definition) is 2. The second-order valence-electron chi connectivity index (χ2n) is 6.17. The lowest BCUT2D eigenvalue weighted by Gasteiger charge is -2.31. The first-order valence-corrected chi connectivity index (χ1v) is 8.47. The Bertz CT molecular complexity index is 781. The average molecular weight is 358 g/mol. The molecule has 0 aliphatic carbocycles. The first-order chi connectivity index (χ1) is 12.6. The minimum Gasteiger partial charge on any atom is -0.493 e. The number of nitrogens with two attached hydrogens (primary N) is 1. The van der Waals surface area contributed by atoms with Crippen molar-refractivity contribution < 1.29 is 19.1 Å². The van der Waals surface area contributed by atoms with Crippen molar-refractivity contribution in [3.8, 4) is 11.5 Å². The van der Waals surface area contributed by atoms with Crippen LogP contribution < -0.4 is 15.2 Å². The molecule has 0 bridgehead atoms. The van der Waals surface area contributed by atoms with E-state index in [-0.39, 0.29) is 24.1 Å². The standard InChI is InChI=1S/C18H22N4O4/c1-25-15-4-2-3-5-16(15)26-11-17(23)22-8-6-12(7-9-22)13-10-14(18(19)24)21-20-13/h2-5,10,12H,6-9,11H2,1H3,(H2,19,24)(H,20,21). The summed E-state index contributed by atoms with van der Waals surface area (Å²) in [6, 6.07) is 8.92. The van der Waals surface area contributed by atoms with Gasteiger partial charge >= 0.3 is 0 Å². The molecule has 2 amide bonds. The maximum Gasteiger partial charge on any atom is 0.269 e. The number of aromatic amines is 1. The molecule has 0 spiro atoms. The number of hydrogen-bond acceptors (Lipinski definition) is 5. The van der Waals surface area contributed by atoms with E-state index in [0.29, 0.717) is 24.6 Å². The van der Waals surface area contributed by atoms with E-state index in [9.17, 15) is 9.59 Å². The van der Waals surface area contributed by atoms with Crippen LogP contribution in [0.15, 0.2) is 30.3 Å². The highest BCUT2D eigenvalue weighted by atomic mass is 16.5. The molecule has 0 unspecified atom stereocenters. The zero-order chi connectivity index (χ0) is 18.5. The van der Waals surface area contributed by atoms with Crippen LogP contribution in [-0.4, -0.2) is 53.7 Å². The summed E-state index contributed by atoms with van der Waals surface area (Å²) in [5, 5.41) is 6.78. The van der Waals surface area contributed by atoms with E-state index in [0.717, 1.165) is 18.5 Å². The number of carbonyl (C=O) groups excluding carboxylic acids is 2. The number of carbonyl (C=O) groups is 2. The Balaban J connectivity index is 1.51. The van der Waals surface area contributed by atoms with Gasteiger partial charge in [0.1, 0.15) is 5.69 Å². The van der Waals surface area contributed by atoms with E-state index in [1.165, 1.54) is 0 Å². The van der Waals surface area contributed by atoms with Crippen LogP contribution in [0.4, 0.5) is 0 Å². The zero-order valence-electron chi connectivity index (χ0n) is 14.6. The summed E-state index contributed by atoms with van der Waals surface area (Å²) < 4.78 is 10.8. The van der Waals surface area contributed by atoms with Crippen molar-refractivity contribution in [2.75, 3.05) is 26.8 Å². The lowest BCUT2D eigenvalue weighted by molar-refractivity contribution is -0.134. The summed E-state index contributed by atoms with van der Waals surface area (Å²) in [4.78, 5) is 25.3. The molecule has 1 aliphatic rings. The van der Waals surface area contributed by atoms with Gasteiger partial charge in [-0.15, -0.1) is 0 Å². The second kappa shape index (κ2) is 7.90. The van der Waals surface area contributed by atoms with Gasteiger partial charge in [-0.25, -0.2) is 0 Å². The fourth-order valence-electron chi connectivity index (χ4n) is 3.08. The number of benzene rings is 1. The highest BCUT2D eigenvalue weighted by molar-refractivity contribution is 5.90. The molecule has 138 valence electrons. The SMILES string of the molecule is COc1ccccc1OCC(=O)N1CCC(c2cc(C(N)=O)n[nH]2)CC1. The molecule has 2 heterocycles. The highest BCUT2D eigenvalue weighted by Gasteiger charge is 2.25. The van der Waals surface area contributed by atoms with Gasteiger partial charge in [-0.05, 0) is 31.0 Å². The Kier molecular flexibility index (Phi) is 5.40. The van der Waals surface area contributed by atoms with Gasteiger partial charge in [0, 0.05) is 24.7 Å². The van der Waals surface area contributed by atoms with E-state index in [1.54, 1.807) is 30.2 Å². The van der Waals surface area contributed by atoms with E-state index in [2.05, 4.69) is 10.2 Å². The van der Waals surface area contributed by atoms with Crippen molar-refractivity contribution in [2.45, 2.75) is 18.8 Å². The van der Waals surface area contributed by atoms with Crippen LogP contribution in [0.1, 0.15) is 34.9 Å². The van der Waals surface area contributed by atoms with Crippen LogP contribution >= 0.6 is 0 Å². The number of rotatable bonds is 6. The molecule has 1 aromatic carbocycles. The highest BCUT2D eigenvalue weighted by Crippen LogP contribution is 2.28. The molecular formula is C18H22N4O4. The van der Waals surface area contributed by atoms with Crippen LogP contribution in [0.2, 0.25) is 0 Å². The minimum atomic E-state index is -0.548. The van der Waals surface area contributed by atoms with Crippen molar-refractivity contribution in [1.82, 2.24) is 15.1 Å². The molecule has 1 fully saturated rings. The topological polar surface area (TPSA) is 111 Å². The summed E-state index contributed by atoms with van der Waals surface area (Å²) in [7, 11) is 1.56. The molecular weight excluding hydrogens is 336 g/mol. The normalized spacial score (nSPS) is 14.9. The van der Waals surface area contributed by atoms with Gasteiger partial charge in [0.2, 0.25) is 0 Å². The van der Waals surface area contributed by atoms with Gasteiger partial charge < -0.3 is 20.1 Å². The number of ether oxygens (including phenoxy) is 2. The summed E-state index contributed by atoms with van der Waals surface area (Å²) in [6.45, 7) is 1.23. The van der Waals surface area contributed by atoms with Crippen LogP contribution in [0.3, 0.4) is 0 Å². The van der Waals surface area contributed by atoms with Crippen LogP contribution in [0.5, 0.6) is 11.5 Å². The van der Waals surface area contributed by atoms with Crippen molar-refractivity contribution in [3.63, 3.8) is 0 Å². The summed E-state index contributed by atoms with van der Waals surface area (Å²) in [5.74, 6) is 0.776. The maximum absolute atomic E-state index is 12.4. The fourth-order valence-corrected chi connectivity index (χ4v) is 3.08. The number of amides is 2. The number of primary amides is 1. The Morgan fingerprint density at radius 3 is 2.58 bits per heavy atom. The number of methoxy groups -OCH3 is 1. The van der Waals surface area contributed by atoms with Gasteiger partial charge in [-0.1, -0.05) is 12.1 Å². The maximum atomic E-state index is 12.4. The minimum absolute atomic E-state index is 0.0269. The number of nitrogens with one attached hydrogen (secondary N) is 1. The third-order valence-electron chi connectivity index (χ3n) is 4.56. The molecule has 8 nitrogen and oxygen atoms in total. The van der Waals surface area contributed by atoms with Crippen molar-refractivity contribution >= 4 is 11.8 Å². The predicted octanol–water partition coefficient (Wildman–Crippen LogP) is 1.30. The van der Waals surface area contributed by atoms with Gasteiger partial charge in [-0.3, -0.25) is 14.7 Å². The van der Waals surface area contributed by atoms with Crippen molar-refractivity contribution in [2.24, 2.45) is 5.73 Å². The molecule has 3 N–H and O–H groups in total. The van der Waals surface area contributed by atoms with Gasteiger partial charge in [-0.2, -0.15) is 5.10 Å². The van der Waals surface area contributed by atoms with Gasteiger partial charge in [0.15, 0.2) is 18.1 Å². The first kappa shape index (κ1) is 17.8. The molecule has 8 heteroatoms. The third kappa shape index (κ3) is 3.96. The monoisotopic (exact) mass is 358 g/mol. The summed E-state index contributed by atoms with van der Waals surface area (Å²) in [5.41, 5.74) is 6.35. The third-order valence-corrected chi connectivity index (χ3v) is 4.56. The number of likely N-dealkylation sites (tertiary alicyclic amines) is 1. The van der Waals surface area contributed by atoms with E-state index >= 15 is 0 Å². The van der Waals surface area contributed by atoms with Crippen molar-refractivity contribution in [1.29, 1.82) is 0 Å². The van der Waals surface area contributed by atoms with Crippen LogP contribution in [0, 0.1) is 0 Å². The molecule has 1 aliphatic heterocycles. The molecule has 0 saturated carbocycles. The number of nitrogens with zero attached hydrogens (tertiary/aromatic N) is 2. The summed E-state index contributed by atoms with van der Waals surface area (Å²) in [6.07, 6.45) is 1.58. The van der Waals surface area contributed by atoms with E-state index in [4.69, 9.17) is 15.2 Å². The van der Waals surface area contributed by atoms with E-state index < -0.39 is 5.91 Å². The Morgan fingerprint density at radius 1 is 1.27 bits per heavy atom. The summed E-state index contributed by atoms with van der Waals surface area (Å²) >= 11 is 0. The molecule has 26 heavy (non-hydrogen) atoms. The predicted molar refractivity (Wildman–Crippen MR) is 94.1 cm³/mol. The number of aromatic nitrogens is 2. The number of H-pyrrole nitrogens is 1. The van der Waals surface area contributed by atoms with E-state index in [1.807, 2.05) is 12.1 Å². The van der Waals surface area contributed by atoms with Crippen LogP contribution in [0.25, 0.3) is 0 Å². The molecule has 1 aromatic heterocycles. The molecule has 0 atom stereocenters. The number of para-hydroxylation sites is 2. The average Bonchev–Trinajstić information content (AvgIpc) is 3.17. The lowest BCUT2D eigenvalue weighted by Crippen LogP contribution is -2.40. The Hall–Kier alpha value is -3.03. The fraction of sp³-hybridized carbons (Fsp3) is 0.389. The Labute approximate surface area is 151 Å². The smallest absolute Gasteiger partial charge is 0.269 e. The molecule has 2 aromatic rings. The van der Waals surface area contributed by atoms with Crippen LogP contribution in [-0.2, 0) is 4.79 Å². The molecule has 3 rings (SSSR count).